The van der Waals surface area contributed by atoms with E-state index in [1.807, 2.05) is 90.5 Å². The number of nitrogens with one attached hydrogen (secondary N) is 2. The smallest absolute Gasteiger partial charge is 0.234 e. The summed E-state index contributed by atoms with van der Waals surface area (Å²) in [5.74, 6) is 1.60. The second-order valence-corrected chi connectivity index (χ2v) is 8.46. The van der Waals surface area contributed by atoms with Gasteiger partial charge in [0, 0.05) is 34.0 Å². The summed E-state index contributed by atoms with van der Waals surface area (Å²) in [5, 5.41) is 13.6. The van der Waals surface area contributed by atoms with Crippen molar-refractivity contribution in [1.29, 1.82) is 0 Å². The van der Waals surface area contributed by atoms with Crippen LogP contribution in [-0.4, -0.2) is 38.0 Å². The molecule has 0 aliphatic carbocycles. The molecule has 0 saturated carbocycles. The van der Waals surface area contributed by atoms with E-state index in [9.17, 15) is 4.79 Å². The molecule has 0 unspecified atom stereocenters. The van der Waals surface area contributed by atoms with E-state index in [1.54, 1.807) is 0 Å². The maximum absolute atomic E-state index is 12.5. The Bertz CT molecular complexity index is 1410. The van der Waals surface area contributed by atoms with Crippen molar-refractivity contribution < 1.29 is 9.53 Å². The van der Waals surface area contributed by atoms with Crippen LogP contribution in [0.5, 0.6) is 5.75 Å². The van der Waals surface area contributed by atoms with Crippen molar-refractivity contribution >= 4 is 34.3 Å². The molecule has 2 N–H and O–H groups in total. The molecule has 0 bridgehead atoms. The van der Waals surface area contributed by atoms with Crippen LogP contribution >= 0.6 is 11.8 Å². The van der Waals surface area contributed by atoms with E-state index >= 15 is 0 Å². The van der Waals surface area contributed by atoms with E-state index < -0.39 is 0 Å². The van der Waals surface area contributed by atoms with Gasteiger partial charge in [-0.25, -0.2) is 0 Å². The summed E-state index contributed by atoms with van der Waals surface area (Å²) in [6, 6.07) is 25.3. The molecular weight excluding hydrogens is 446 g/mol. The molecule has 0 aliphatic heterocycles. The molecule has 0 atom stereocenters. The zero-order chi connectivity index (χ0) is 23.3. The molecule has 3 aromatic carbocycles. The zero-order valence-electron chi connectivity index (χ0n) is 18.6. The van der Waals surface area contributed by atoms with Crippen molar-refractivity contribution in [3.05, 3.63) is 85.1 Å². The lowest BCUT2D eigenvalue weighted by atomic mass is 10.1. The van der Waals surface area contributed by atoms with Gasteiger partial charge in [0.15, 0.2) is 11.0 Å². The van der Waals surface area contributed by atoms with Crippen LogP contribution in [0.25, 0.3) is 28.0 Å². The van der Waals surface area contributed by atoms with Gasteiger partial charge in [-0.15, -0.1) is 10.2 Å². The minimum absolute atomic E-state index is 0.105. The van der Waals surface area contributed by atoms with Crippen molar-refractivity contribution in [1.82, 2.24) is 19.7 Å². The Labute approximate surface area is 201 Å². The summed E-state index contributed by atoms with van der Waals surface area (Å²) in [4.78, 5) is 15.9. The lowest BCUT2D eigenvalue weighted by Crippen LogP contribution is -2.14. The van der Waals surface area contributed by atoms with E-state index in [1.165, 1.54) is 11.8 Å². The fourth-order valence-electron chi connectivity index (χ4n) is 3.73. The molecule has 2 aromatic heterocycles. The molecule has 5 aromatic rings. The van der Waals surface area contributed by atoms with Gasteiger partial charge in [0.2, 0.25) is 5.91 Å². The van der Waals surface area contributed by atoms with Crippen molar-refractivity contribution in [2.45, 2.75) is 12.1 Å². The highest BCUT2D eigenvalue weighted by Gasteiger charge is 2.20. The van der Waals surface area contributed by atoms with Gasteiger partial charge in [0.25, 0.3) is 0 Å². The molecule has 7 nitrogen and oxygen atoms in total. The fraction of sp³-hybridized carbons (Fsp3) is 0.115. The third-order valence-corrected chi connectivity index (χ3v) is 6.19. The molecule has 1 amide bonds. The maximum atomic E-state index is 12.5. The number of amides is 1. The van der Waals surface area contributed by atoms with Gasteiger partial charge in [0.05, 0.1) is 12.4 Å². The molecule has 34 heavy (non-hydrogen) atoms. The number of nitrogens with zero attached hydrogens (tertiary/aromatic N) is 3. The van der Waals surface area contributed by atoms with Crippen LogP contribution < -0.4 is 10.1 Å². The van der Waals surface area contributed by atoms with Gasteiger partial charge in [0.1, 0.15) is 5.75 Å². The zero-order valence-corrected chi connectivity index (χ0v) is 19.4. The number of aromatic amines is 1. The second kappa shape index (κ2) is 9.84. The number of benzene rings is 3. The van der Waals surface area contributed by atoms with Crippen molar-refractivity contribution in [3.63, 3.8) is 0 Å². The number of hydrogen-bond donors (Lipinski definition) is 2. The Balaban J connectivity index is 1.48. The Morgan fingerprint density at radius 2 is 1.76 bits per heavy atom. The molecule has 2 heterocycles. The number of thioether (sulfide) groups is 1. The molecule has 0 saturated heterocycles. The standard InChI is InChI=1S/C26H23N5O2S/c1-2-33-20-14-12-19(13-15-20)31-25(22-16-27-23-11-7-6-10-21(22)23)29-30-26(31)34-17-24(32)28-18-8-4-3-5-9-18/h3-16,27H,2,17H2,1H3,(H,28,32). The van der Waals surface area contributed by atoms with Crippen LogP contribution in [0.4, 0.5) is 5.69 Å². The number of fused-ring (bicyclic) bond motifs is 1. The Morgan fingerprint density at radius 3 is 2.56 bits per heavy atom. The molecule has 0 fully saturated rings. The number of aromatic nitrogens is 4. The topological polar surface area (TPSA) is 84.8 Å². The number of ether oxygens (including phenoxy) is 1. The lowest BCUT2D eigenvalue weighted by molar-refractivity contribution is -0.113. The van der Waals surface area contributed by atoms with Crippen LogP contribution in [0.1, 0.15) is 6.92 Å². The van der Waals surface area contributed by atoms with Gasteiger partial charge in [-0.3, -0.25) is 9.36 Å². The van der Waals surface area contributed by atoms with Crippen LogP contribution in [0, 0.1) is 0 Å². The van der Waals surface area contributed by atoms with E-state index in [0.29, 0.717) is 17.6 Å². The second-order valence-electron chi connectivity index (χ2n) is 7.52. The average Bonchev–Trinajstić information content (AvgIpc) is 3.48. The monoisotopic (exact) mass is 469 g/mol. The number of para-hydroxylation sites is 2. The highest BCUT2D eigenvalue weighted by molar-refractivity contribution is 7.99. The van der Waals surface area contributed by atoms with Gasteiger partial charge in [-0.05, 0) is 49.4 Å². The molecule has 0 spiro atoms. The minimum atomic E-state index is -0.105. The number of carbonyl (C=O) groups is 1. The number of anilines is 1. The quantitative estimate of drug-likeness (QED) is 0.291. The van der Waals surface area contributed by atoms with Crippen molar-refractivity contribution in [2.75, 3.05) is 17.7 Å². The number of hydrogen-bond acceptors (Lipinski definition) is 5. The molecule has 5 rings (SSSR count). The third kappa shape index (κ3) is 4.53. The third-order valence-electron chi connectivity index (χ3n) is 5.26. The largest absolute Gasteiger partial charge is 0.494 e. The Hall–Kier alpha value is -4.04. The van der Waals surface area contributed by atoms with Crippen LogP contribution in [0.2, 0.25) is 0 Å². The maximum Gasteiger partial charge on any atom is 0.234 e. The Morgan fingerprint density at radius 1 is 1.00 bits per heavy atom. The van der Waals surface area contributed by atoms with Gasteiger partial charge in [-0.2, -0.15) is 0 Å². The first-order valence-electron chi connectivity index (χ1n) is 11.0. The summed E-state index contributed by atoms with van der Waals surface area (Å²) < 4.78 is 7.58. The highest BCUT2D eigenvalue weighted by atomic mass is 32.2. The summed E-state index contributed by atoms with van der Waals surface area (Å²) in [7, 11) is 0. The predicted octanol–water partition coefficient (Wildman–Crippen LogP) is 5.55. The van der Waals surface area contributed by atoms with E-state index in [0.717, 1.165) is 33.6 Å². The number of carbonyl (C=O) groups excluding carboxylic acids is 1. The summed E-state index contributed by atoms with van der Waals surface area (Å²) >= 11 is 1.34. The Kier molecular flexibility index (Phi) is 6.31. The van der Waals surface area contributed by atoms with Crippen molar-refractivity contribution in [2.24, 2.45) is 0 Å². The first-order valence-corrected chi connectivity index (χ1v) is 11.9. The van der Waals surface area contributed by atoms with Gasteiger partial charge in [-0.1, -0.05) is 48.2 Å². The molecule has 8 heteroatoms. The van der Waals surface area contributed by atoms with Crippen molar-refractivity contribution in [3.8, 4) is 22.8 Å². The summed E-state index contributed by atoms with van der Waals surface area (Å²) in [5.41, 5.74) is 3.62. The van der Waals surface area contributed by atoms with Gasteiger partial charge < -0.3 is 15.0 Å². The summed E-state index contributed by atoms with van der Waals surface area (Å²) in [6.07, 6.45) is 1.94. The van der Waals surface area contributed by atoms with Gasteiger partial charge >= 0.3 is 0 Å². The molecular formula is C26H23N5O2S. The van der Waals surface area contributed by atoms with E-state index in [4.69, 9.17) is 4.74 Å². The highest BCUT2D eigenvalue weighted by Crippen LogP contribution is 2.33. The van der Waals surface area contributed by atoms with Crippen LogP contribution in [0.15, 0.2) is 90.2 Å². The summed E-state index contributed by atoms with van der Waals surface area (Å²) in [6.45, 7) is 2.56. The normalized spacial score (nSPS) is 11.0. The molecule has 0 radical (unpaired) electrons. The first-order chi connectivity index (χ1) is 16.7. The first kappa shape index (κ1) is 21.8. The van der Waals surface area contributed by atoms with Crippen LogP contribution in [0.3, 0.4) is 0 Å². The molecule has 170 valence electrons. The SMILES string of the molecule is CCOc1ccc(-n2c(SCC(=O)Nc3ccccc3)nnc2-c2c[nH]c3ccccc23)cc1. The average molecular weight is 470 g/mol. The fourth-order valence-corrected chi connectivity index (χ4v) is 4.49. The predicted molar refractivity (Wildman–Crippen MR) is 136 cm³/mol. The number of rotatable bonds is 8. The van der Waals surface area contributed by atoms with Crippen LogP contribution in [-0.2, 0) is 4.79 Å². The lowest BCUT2D eigenvalue weighted by Gasteiger charge is -2.11. The van der Waals surface area contributed by atoms with E-state index in [-0.39, 0.29) is 11.7 Å². The molecule has 0 aliphatic rings. The van der Waals surface area contributed by atoms with E-state index in [2.05, 4.69) is 26.6 Å². The number of H-pyrrole nitrogens is 1. The minimum Gasteiger partial charge on any atom is -0.494 e.